The average Bonchev–Trinajstić information content (AvgIpc) is 3.05. The Bertz CT molecular complexity index is 1010. The third kappa shape index (κ3) is 2.91. The highest BCUT2D eigenvalue weighted by Crippen LogP contribution is 2.32. The first-order chi connectivity index (χ1) is 12.2. The summed E-state index contributed by atoms with van der Waals surface area (Å²) in [5.41, 5.74) is 0.464. The number of fused-ring (bicyclic) bond motifs is 2. The summed E-state index contributed by atoms with van der Waals surface area (Å²) >= 11 is 4.72. The van der Waals surface area contributed by atoms with Crippen LogP contribution in [0.25, 0.3) is 5.70 Å². The molecular weight excluding hydrogens is 404 g/mol. The molecule has 0 saturated heterocycles. The zero-order valence-electron chi connectivity index (χ0n) is 13.0. The highest BCUT2D eigenvalue weighted by Gasteiger charge is 2.35. The van der Waals surface area contributed by atoms with Gasteiger partial charge in [0.05, 0.1) is 5.36 Å². The van der Waals surface area contributed by atoms with Crippen molar-refractivity contribution in [3.63, 3.8) is 0 Å². The number of hydrogen-bond acceptors (Lipinski definition) is 6. The number of halogens is 1. The van der Waals surface area contributed by atoms with Crippen LogP contribution in [0.3, 0.4) is 0 Å². The molecule has 25 heavy (non-hydrogen) atoms. The van der Waals surface area contributed by atoms with Crippen molar-refractivity contribution in [1.82, 2.24) is 10.3 Å². The molecule has 1 amide bonds. The standard InChI is InChI=1S/C17H13BrN4O2S/c1-2-9-25-17-20-16(23)14-10-5-3-4-6-11(10)19-15(22(14)21-17)12-7-8-13(18)24-12/h2-8,15H,1,9H2,(H,20,21,23). The fraction of sp³-hybridized carbons (Fsp3) is 0.118. The van der Waals surface area contributed by atoms with E-state index in [0.717, 1.165) is 10.6 Å². The number of carbonyl (C=O) groups is 1. The Morgan fingerprint density at radius 3 is 2.96 bits per heavy atom. The Kier molecular flexibility index (Phi) is 4.22. The van der Waals surface area contributed by atoms with Crippen molar-refractivity contribution in [3.05, 3.63) is 70.1 Å². The molecule has 0 fully saturated rings. The normalized spacial score (nSPS) is 18.7. The maximum atomic E-state index is 12.8. The summed E-state index contributed by atoms with van der Waals surface area (Å²) in [4.78, 5) is 17.5. The molecule has 4 rings (SSSR count). The molecule has 1 aromatic carbocycles. The van der Waals surface area contributed by atoms with Crippen LogP contribution in [0.2, 0.25) is 0 Å². The molecule has 2 aromatic rings. The molecule has 1 atom stereocenters. The lowest BCUT2D eigenvalue weighted by molar-refractivity contribution is -0.116. The summed E-state index contributed by atoms with van der Waals surface area (Å²) in [6, 6.07) is 11.1. The second-order valence-corrected chi connectivity index (χ2v) is 7.10. The quantitative estimate of drug-likeness (QED) is 0.777. The van der Waals surface area contributed by atoms with Crippen LogP contribution in [0, 0.1) is 0 Å². The van der Waals surface area contributed by atoms with E-state index >= 15 is 0 Å². The molecule has 3 heterocycles. The Labute approximate surface area is 156 Å². The van der Waals surface area contributed by atoms with E-state index in [-0.39, 0.29) is 5.91 Å². The van der Waals surface area contributed by atoms with Crippen LogP contribution in [-0.2, 0) is 4.79 Å². The maximum Gasteiger partial charge on any atom is 0.276 e. The van der Waals surface area contributed by atoms with Crippen molar-refractivity contribution >= 4 is 44.5 Å². The van der Waals surface area contributed by atoms with E-state index in [1.54, 1.807) is 17.2 Å². The van der Waals surface area contributed by atoms with E-state index in [1.807, 2.05) is 30.3 Å². The predicted molar refractivity (Wildman–Crippen MR) is 99.9 cm³/mol. The SMILES string of the molecule is C=CCSC1=NN2C(=c3ccccc3=NC2c2ccc(Br)o2)C(=O)N1. The topological polar surface area (TPSA) is 70.2 Å². The number of amidine groups is 1. The van der Waals surface area contributed by atoms with Crippen LogP contribution >= 0.6 is 27.7 Å². The molecule has 8 heteroatoms. The Morgan fingerprint density at radius 2 is 2.20 bits per heavy atom. The number of hydrogen-bond donors (Lipinski definition) is 1. The minimum absolute atomic E-state index is 0.209. The number of para-hydroxylation sites is 1. The first-order valence-corrected chi connectivity index (χ1v) is 9.30. The number of thioether (sulfide) groups is 1. The summed E-state index contributed by atoms with van der Waals surface area (Å²) in [6.07, 6.45) is 1.22. The summed E-state index contributed by atoms with van der Waals surface area (Å²) in [5, 5.41) is 11.0. The van der Waals surface area contributed by atoms with E-state index in [1.165, 1.54) is 11.8 Å². The van der Waals surface area contributed by atoms with Gasteiger partial charge in [-0.05, 0) is 34.1 Å². The van der Waals surface area contributed by atoms with Gasteiger partial charge in [0.2, 0.25) is 6.17 Å². The number of hydrazone groups is 1. The number of nitrogens with zero attached hydrogens (tertiary/aromatic N) is 3. The lowest BCUT2D eigenvalue weighted by Crippen LogP contribution is -2.50. The molecule has 0 bridgehead atoms. The van der Waals surface area contributed by atoms with Gasteiger partial charge in [-0.25, -0.2) is 10.0 Å². The molecule has 2 aliphatic heterocycles. The van der Waals surface area contributed by atoms with Crippen molar-refractivity contribution in [3.8, 4) is 0 Å². The zero-order chi connectivity index (χ0) is 17.4. The summed E-state index contributed by atoms with van der Waals surface area (Å²) in [5.74, 6) is 1.04. The van der Waals surface area contributed by atoms with Crippen molar-refractivity contribution in [2.45, 2.75) is 6.17 Å². The van der Waals surface area contributed by atoms with Crippen LogP contribution in [0.4, 0.5) is 0 Å². The number of amides is 1. The number of benzene rings is 1. The fourth-order valence-electron chi connectivity index (χ4n) is 2.68. The van der Waals surface area contributed by atoms with Crippen LogP contribution < -0.4 is 15.9 Å². The Hall–Kier alpha value is -2.32. The van der Waals surface area contributed by atoms with Crippen molar-refractivity contribution in [1.29, 1.82) is 0 Å². The minimum Gasteiger partial charge on any atom is -0.450 e. The van der Waals surface area contributed by atoms with E-state index < -0.39 is 6.17 Å². The van der Waals surface area contributed by atoms with Gasteiger partial charge in [0, 0.05) is 11.0 Å². The highest BCUT2D eigenvalue weighted by atomic mass is 79.9. The zero-order valence-corrected chi connectivity index (χ0v) is 15.4. The lowest BCUT2D eigenvalue weighted by atomic mass is 10.1. The smallest absolute Gasteiger partial charge is 0.276 e. The summed E-state index contributed by atoms with van der Waals surface area (Å²) in [6.45, 7) is 3.69. The van der Waals surface area contributed by atoms with Crippen molar-refractivity contribution in [2.75, 3.05) is 5.75 Å². The molecular formula is C17H13BrN4O2S. The molecule has 0 radical (unpaired) electrons. The fourth-order valence-corrected chi connectivity index (χ4v) is 3.59. The van der Waals surface area contributed by atoms with Crippen LogP contribution in [0.5, 0.6) is 0 Å². The number of nitrogens with one attached hydrogen (secondary N) is 1. The molecule has 126 valence electrons. The van der Waals surface area contributed by atoms with E-state index in [2.05, 4.69) is 32.9 Å². The van der Waals surface area contributed by atoms with Gasteiger partial charge in [-0.3, -0.25) is 10.1 Å². The lowest BCUT2D eigenvalue weighted by Gasteiger charge is -2.32. The van der Waals surface area contributed by atoms with Crippen molar-refractivity contribution in [2.24, 2.45) is 10.1 Å². The molecule has 0 spiro atoms. The van der Waals surface area contributed by atoms with Crippen LogP contribution in [0.15, 0.2) is 68.2 Å². The van der Waals surface area contributed by atoms with Crippen LogP contribution in [0.1, 0.15) is 11.9 Å². The van der Waals surface area contributed by atoms with Gasteiger partial charge in [-0.2, -0.15) is 0 Å². The van der Waals surface area contributed by atoms with Gasteiger partial charge in [0.15, 0.2) is 15.6 Å². The molecule has 0 saturated carbocycles. The highest BCUT2D eigenvalue weighted by molar-refractivity contribution is 9.10. The molecule has 1 unspecified atom stereocenters. The Balaban J connectivity index is 1.91. The molecule has 1 aromatic heterocycles. The van der Waals surface area contributed by atoms with Crippen LogP contribution in [-0.4, -0.2) is 21.8 Å². The van der Waals surface area contributed by atoms with E-state index in [0.29, 0.717) is 27.0 Å². The predicted octanol–water partition coefficient (Wildman–Crippen LogP) is 2.10. The molecule has 6 nitrogen and oxygen atoms in total. The van der Waals surface area contributed by atoms with Gasteiger partial charge >= 0.3 is 0 Å². The maximum absolute atomic E-state index is 12.8. The summed E-state index contributed by atoms with van der Waals surface area (Å²) in [7, 11) is 0. The molecule has 2 aliphatic rings. The second-order valence-electron chi connectivity index (χ2n) is 5.31. The Morgan fingerprint density at radius 1 is 1.36 bits per heavy atom. The first kappa shape index (κ1) is 16.2. The number of carbonyl (C=O) groups excluding carboxylic acids is 1. The number of rotatable bonds is 3. The van der Waals surface area contributed by atoms with E-state index in [4.69, 9.17) is 9.41 Å². The summed E-state index contributed by atoms with van der Waals surface area (Å²) < 4.78 is 6.28. The molecule has 0 aliphatic carbocycles. The van der Waals surface area contributed by atoms with Gasteiger partial charge in [-0.1, -0.05) is 36.0 Å². The van der Waals surface area contributed by atoms with E-state index in [9.17, 15) is 4.79 Å². The van der Waals surface area contributed by atoms with Gasteiger partial charge in [0.25, 0.3) is 5.91 Å². The third-order valence-electron chi connectivity index (χ3n) is 3.70. The van der Waals surface area contributed by atoms with Gasteiger partial charge < -0.3 is 4.42 Å². The average molecular weight is 417 g/mol. The van der Waals surface area contributed by atoms with Gasteiger partial charge in [-0.15, -0.1) is 11.7 Å². The molecule has 1 N–H and O–H groups in total. The minimum atomic E-state index is -0.540. The second kappa shape index (κ2) is 6.53. The third-order valence-corrected chi connectivity index (χ3v) is 4.99. The monoisotopic (exact) mass is 416 g/mol. The number of furan rings is 1. The van der Waals surface area contributed by atoms with Gasteiger partial charge in [0.1, 0.15) is 5.70 Å². The largest absolute Gasteiger partial charge is 0.450 e. The first-order valence-electron chi connectivity index (χ1n) is 7.52. The van der Waals surface area contributed by atoms with Crippen molar-refractivity contribution < 1.29 is 9.21 Å².